The number of benzene rings is 1. The monoisotopic (exact) mass is 292 g/mol. The molecule has 1 heterocycles. The summed E-state index contributed by atoms with van der Waals surface area (Å²) in [4.78, 5) is 4.42. The number of fused-ring (bicyclic) bond motifs is 2. The number of hydrogen-bond acceptors (Lipinski definition) is 2. The molecule has 0 atom stereocenters. The Morgan fingerprint density at radius 3 is 2.62 bits per heavy atom. The van der Waals surface area contributed by atoms with Gasteiger partial charge in [-0.05, 0) is 24.0 Å². The molecule has 0 fully saturated rings. The third-order valence-corrected chi connectivity index (χ3v) is 3.80. The Labute approximate surface area is 120 Å². The molecule has 0 saturated heterocycles. The van der Waals surface area contributed by atoms with Crippen molar-refractivity contribution in [1.29, 1.82) is 0 Å². The first-order valence-electron chi connectivity index (χ1n) is 6.66. The summed E-state index contributed by atoms with van der Waals surface area (Å²) in [6.45, 7) is 4.11. The van der Waals surface area contributed by atoms with Crippen molar-refractivity contribution < 1.29 is 13.2 Å². The van der Waals surface area contributed by atoms with Crippen LogP contribution >= 0.6 is 0 Å². The van der Waals surface area contributed by atoms with E-state index >= 15 is 0 Å². The summed E-state index contributed by atoms with van der Waals surface area (Å²) in [7, 11) is 0. The maximum atomic E-state index is 12.8. The van der Waals surface area contributed by atoms with E-state index in [0.717, 1.165) is 23.4 Å². The van der Waals surface area contributed by atoms with Crippen LogP contribution < -0.4 is 5.73 Å². The van der Waals surface area contributed by atoms with E-state index in [4.69, 9.17) is 5.73 Å². The van der Waals surface area contributed by atoms with Gasteiger partial charge < -0.3 is 5.73 Å². The maximum absolute atomic E-state index is 12.8. The van der Waals surface area contributed by atoms with Crippen LogP contribution in [0.4, 0.5) is 18.9 Å². The van der Waals surface area contributed by atoms with Gasteiger partial charge in [-0.15, -0.1) is 0 Å². The van der Waals surface area contributed by atoms with E-state index in [1.165, 1.54) is 6.07 Å². The van der Waals surface area contributed by atoms with Gasteiger partial charge in [-0.25, -0.2) is 0 Å². The molecular formula is C16H15F3N2. The molecule has 0 radical (unpaired) electrons. The highest BCUT2D eigenvalue weighted by Gasteiger charge is 2.31. The zero-order valence-corrected chi connectivity index (χ0v) is 11.8. The van der Waals surface area contributed by atoms with Gasteiger partial charge in [0.05, 0.1) is 22.5 Å². The molecule has 110 valence electrons. The Morgan fingerprint density at radius 1 is 1.24 bits per heavy atom. The molecule has 0 amide bonds. The van der Waals surface area contributed by atoms with Crippen LogP contribution in [0.5, 0.6) is 0 Å². The summed E-state index contributed by atoms with van der Waals surface area (Å²) < 4.78 is 38.4. The minimum absolute atomic E-state index is 0.0677. The van der Waals surface area contributed by atoms with Gasteiger partial charge in [-0.2, -0.15) is 13.2 Å². The van der Waals surface area contributed by atoms with Crippen molar-refractivity contribution in [2.75, 3.05) is 5.73 Å². The van der Waals surface area contributed by atoms with Gasteiger partial charge in [-0.3, -0.25) is 4.98 Å². The van der Waals surface area contributed by atoms with Gasteiger partial charge in [0.1, 0.15) is 0 Å². The number of nitrogens with two attached hydrogens (primary N) is 1. The van der Waals surface area contributed by atoms with E-state index in [1.807, 2.05) is 6.08 Å². The second-order valence-electron chi connectivity index (χ2n) is 6.11. The lowest BCUT2D eigenvalue weighted by molar-refractivity contribution is -0.137. The quantitative estimate of drug-likeness (QED) is 0.780. The standard InChI is InChI=1S/C16H15F3N2/c1-15(2)6-5-11-13(8-15)21-12-7-9(16(17,18)19)3-4-10(12)14(11)20/h3-7H,8H2,1-2H3,(H2,20,21). The predicted octanol–water partition coefficient (Wildman–Crippen LogP) is 4.43. The fourth-order valence-electron chi connectivity index (χ4n) is 2.65. The molecule has 3 rings (SSSR count). The topological polar surface area (TPSA) is 38.9 Å². The van der Waals surface area contributed by atoms with Crippen molar-refractivity contribution in [3.8, 4) is 0 Å². The van der Waals surface area contributed by atoms with Crippen LogP contribution in [0.2, 0.25) is 0 Å². The van der Waals surface area contributed by atoms with E-state index in [2.05, 4.69) is 24.9 Å². The Morgan fingerprint density at radius 2 is 1.95 bits per heavy atom. The van der Waals surface area contributed by atoms with E-state index in [0.29, 0.717) is 23.0 Å². The van der Waals surface area contributed by atoms with E-state index in [9.17, 15) is 13.2 Å². The fourth-order valence-corrected chi connectivity index (χ4v) is 2.65. The molecular weight excluding hydrogens is 277 g/mol. The lowest BCUT2D eigenvalue weighted by Gasteiger charge is -2.26. The number of rotatable bonds is 0. The number of nitrogens with zero attached hydrogens (tertiary/aromatic N) is 1. The molecule has 21 heavy (non-hydrogen) atoms. The molecule has 0 unspecified atom stereocenters. The summed E-state index contributed by atoms with van der Waals surface area (Å²) >= 11 is 0. The molecule has 0 spiro atoms. The Hall–Kier alpha value is -2.04. The number of allylic oxidation sites excluding steroid dienone is 1. The van der Waals surface area contributed by atoms with Crippen LogP contribution in [0.15, 0.2) is 24.3 Å². The highest BCUT2D eigenvalue weighted by Crippen LogP contribution is 2.38. The number of alkyl halides is 3. The Balaban J connectivity index is 2.25. The first-order valence-corrected chi connectivity index (χ1v) is 6.66. The average molecular weight is 292 g/mol. The molecule has 0 aliphatic heterocycles. The second kappa shape index (κ2) is 4.23. The highest BCUT2D eigenvalue weighted by atomic mass is 19.4. The SMILES string of the molecule is CC1(C)C=Cc2c(nc3cc(C(F)(F)F)ccc3c2N)C1. The lowest BCUT2D eigenvalue weighted by atomic mass is 9.81. The van der Waals surface area contributed by atoms with Crippen LogP contribution in [0, 0.1) is 5.41 Å². The normalized spacial score (nSPS) is 17.0. The maximum Gasteiger partial charge on any atom is 0.416 e. The van der Waals surface area contributed by atoms with Gasteiger partial charge in [0.2, 0.25) is 0 Å². The molecule has 1 aromatic heterocycles. The fraction of sp³-hybridized carbons (Fsp3) is 0.312. The first kappa shape index (κ1) is 13.9. The third-order valence-electron chi connectivity index (χ3n) is 3.80. The molecule has 5 heteroatoms. The van der Waals surface area contributed by atoms with E-state index in [1.54, 1.807) is 0 Å². The number of pyridine rings is 1. The average Bonchev–Trinajstić information content (AvgIpc) is 2.35. The van der Waals surface area contributed by atoms with Crippen LogP contribution in [-0.4, -0.2) is 4.98 Å². The molecule has 2 nitrogen and oxygen atoms in total. The third kappa shape index (κ3) is 2.37. The van der Waals surface area contributed by atoms with Gasteiger partial charge in [0, 0.05) is 10.9 Å². The molecule has 1 aromatic carbocycles. The van der Waals surface area contributed by atoms with Gasteiger partial charge in [0.15, 0.2) is 0 Å². The van der Waals surface area contributed by atoms with Crippen molar-refractivity contribution in [3.63, 3.8) is 0 Å². The zero-order chi connectivity index (χ0) is 15.4. The zero-order valence-electron chi connectivity index (χ0n) is 11.8. The smallest absolute Gasteiger partial charge is 0.398 e. The van der Waals surface area contributed by atoms with E-state index < -0.39 is 11.7 Å². The van der Waals surface area contributed by atoms with Crippen molar-refractivity contribution >= 4 is 22.7 Å². The van der Waals surface area contributed by atoms with Crippen LogP contribution in [0.3, 0.4) is 0 Å². The molecule has 1 aliphatic rings. The molecule has 0 bridgehead atoms. The first-order chi connectivity index (χ1) is 9.67. The van der Waals surface area contributed by atoms with E-state index in [-0.39, 0.29) is 5.41 Å². The minimum atomic E-state index is -4.38. The van der Waals surface area contributed by atoms with Crippen molar-refractivity contribution in [1.82, 2.24) is 4.98 Å². The molecule has 0 saturated carbocycles. The van der Waals surface area contributed by atoms with Crippen molar-refractivity contribution in [2.45, 2.75) is 26.4 Å². The molecule has 2 N–H and O–H groups in total. The highest BCUT2D eigenvalue weighted by molar-refractivity contribution is 5.95. The summed E-state index contributed by atoms with van der Waals surface area (Å²) in [6, 6.07) is 3.51. The number of anilines is 1. The van der Waals surface area contributed by atoms with Gasteiger partial charge in [-0.1, -0.05) is 32.1 Å². The van der Waals surface area contributed by atoms with Gasteiger partial charge >= 0.3 is 6.18 Å². The summed E-state index contributed by atoms with van der Waals surface area (Å²) in [5.41, 5.74) is 7.72. The summed E-state index contributed by atoms with van der Waals surface area (Å²) in [6.07, 6.45) is 0.260. The predicted molar refractivity (Wildman–Crippen MR) is 77.7 cm³/mol. The van der Waals surface area contributed by atoms with Crippen LogP contribution in [-0.2, 0) is 12.6 Å². The Kier molecular flexibility index (Phi) is 2.80. The summed E-state index contributed by atoms with van der Waals surface area (Å²) in [5, 5.41) is 0.561. The number of hydrogen-bond donors (Lipinski definition) is 1. The Bertz CT molecular complexity index is 758. The second-order valence-corrected chi connectivity index (χ2v) is 6.11. The molecule has 2 aromatic rings. The van der Waals surface area contributed by atoms with Gasteiger partial charge in [0.25, 0.3) is 0 Å². The largest absolute Gasteiger partial charge is 0.416 e. The number of halogens is 3. The van der Waals surface area contributed by atoms with Crippen LogP contribution in [0.1, 0.15) is 30.7 Å². The summed E-state index contributed by atoms with van der Waals surface area (Å²) in [5.74, 6) is 0. The van der Waals surface area contributed by atoms with Crippen molar-refractivity contribution in [3.05, 3.63) is 41.1 Å². The van der Waals surface area contributed by atoms with Crippen LogP contribution in [0.25, 0.3) is 17.0 Å². The lowest BCUT2D eigenvalue weighted by Crippen LogP contribution is -2.18. The number of aromatic nitrogens is 1. The minimum Gasteiger partial charge on any atom is -0.398 e. The number of nitrogen functional groups attached to an aromatic ring is 1. The molecule has 1 aliphatic carbocycles. The van der Waals surface area contributed by atoms with Crippen molar-refractivity contribution in [2.24, 2.45) is 5.41 Å².